The van der Waals surface area contributed by atoms with Crippen molar-refractivity contribution in [1.29, 1.82) is 0 Å². The molecule has 0 unspecified atom stereocenters. The third kappa shape index (κ3) is 3.85. The molecule has 0 atom stereocenters. The van der Waals surface area contributed by atoms with E-state index in [1.54, 1.807) is 4.90 Å². The zero-order valence-electron chi connectivity index (χ0n) is 11.4. The summed E-state index contributed by atoms with van der Waals surface area (Å²) < 4.78 is 5.18. The van der Waals surface area contributed by atoms with E-state index in [0.29, 0.717) is 6.54 Å². The van der Waals surface area contributed by atoms with Crippen molar-refractivity contribution in [2.75, 3.05) is 32.7 Å². The predicted octanol–water partition coefficient (Wildman–Crippen LogP) is 0.886. The standard InChI is InChI=1S/C12H25N3O2/c1-10(2)17-11(16)14-5-7-15(8-6-14)12(3,4)9-13/h10H,5-9,13H2,1-4H3. The molecule has 1 fully saturated rings. The molecular formula is C12H25N3O2. The van der Waals surface area contributed by atoms with Crippen LogP contribution in [0, 0.1) is 0 Å². The highest BCUT2D eigenvalue weighted by molar-refractivity contribution is 5.67. The highest BCUT2D eigenvalue weighted by atomic mass is 16.6. The maximum Gasteiger partial charge on any atom is 0.410 e. The number of rotatable bonds is 3. The van der Waals surface area contributed by atoms with Crippen molar-refractivity contribution in [2.45, 2.75) is 39.3 Å². The molecule has 0 aromatic heterocycles. The Kier molecular flexibility index (Phi) is 4.77. The van der Waals surface area contributed by atoms with Crippen LogP contribution in [0.3, 0.4) is 0 Å². The number of hydrogen-bond donors (Lipinski definition) is 1. The average molecular weight is 243 g/mol. The summed E-state index contributed by atoms with van der Waals surface area (Å²) in [5, 5.41) is 0. The summed E-state index contributed by atoms with van der Waals surface area (Å²) in [7, 11) is 0. The molecule has 1 aliphatic heterocycles. The second kappa shape index (κ2) is 5.69. The van der Waals surface area contributed by atoms with Crippen LogP contribution in [-0.4, -0.2) is 60.3 Å². The molecule has 0 spiro atoms. The summed E-state index contributed by atoms with van der Waals surface area (Å²) >= 11 is 0. The van der Waals surface area contributed by atoms with Crippen LogP contribution in [0.1, 0.15) is 27.7 Å². The summed E-state index contributed by atoms with van der Waals surface area (Å²) in [5.41, 5.74) is 5.76. The third-order valence-corrected chi connectivity index (χ3v) is 3.23. The van der Waals surface area contributed by atoms with E-state index in [9.17, 15) is 4.79 Å². The van der Waals surface area contributed by atoms with Crippen molar-refractivity contribution >= 4 is 6.09 Å². The highest BCUT2D eigenvalue weighted by Gasteiger charge is 2.30. The monoisotopic (exact) mass is 243 g/mol. The minimum absolute atomic E-state index is 0.00798. The molecule has 0 aromatic rings. The minimum atomic E-state index is -0.204. The van der Waals surface area contributed by atoms with Crippen LogP contribution in [0.15, 0.2) is 0 Å². The van der Waals surface area contributed by atoms with Gasteiger partial charge in [0.15, 0.2) is 0 Å². The zero-order chi connectivity index (χ0) is 13.1. The summed E-state index contributed by atoms with van der Waals surface area (Å²) in [6.07, 6.45) is -0.258. The van der Waals surface area contributed by atoms with Crippen molar-refractivity contribution in [3.05, 3.63) is 0 Å². The maximum absolute atomic E-state index is 11.7. The summed E-state index contributed by atoms with van der Waals surface area (Å²) in [5.74, 6) is 0. The first-order chi connectivity index (χ1) is 7.86. The average Bonchev–Trinajstić information content (AvgIpc) is 2.28. The zero-order valence-corrected chi connectivity index (χ0v) is 11.4. The number of nitrogens with two attached hydrogens (primary N) is 1. The first-order valence-corrected chi connectivity index (χ1v) is 6.27. The van der Waals surface area contributed by atoms with Gasteiger partial charge in [0.25, 0.3) is 0 Å². The Morgan fingerprint density at radius 1 is 1.29 bits per heavy atom. The van der Waals surface area contributed by atoms with E-state index >= 15 is 0 Å². The second-order valence-electron chi connectivity index (χ2n) is 5.42. The van der Waals surface area contributed by atoms with Gasteiger partial charge in [-0.2, -0.15) is 0 Å². The molecule has 0 bridgehead atoms. The van der Waals surface area contributed by atoms with E-state index in [1.165, 1.54) is 0 Å². The molecule has 1 rings (SSSR count). The van der Waals surface area contributed by atoms with Crippen LogP contribution in [0.25, 0.3) is 0 Å². The van der Waals surface area contributed by atoms with Crippen molar-refractivity contribution in [3.63, 3.8) is 0 Å². The first kappa shape index (κ1) is 14.3. The quantitative estimate of drug-likeness (QED) is 0.799. The number of nitrogens with zero attached hydrogens (tertiary/aromatic N) is 2. The van der Waals surface area contributed by atoms with Crippen LogP contribution in [0.5, 0.6) is 0 Å². The summed E-state index contributed by atoms with van der Waals surface area (Å²) in [6, 6.07) is 0. The Balaban J connectivity index is 2.43. The van der Waals surface area contributed by atoms with Crippen LogP contribution < -0.4 is 5.73 Å². The summed E-state index contributed by atoms with van der Waals surface area (Å²) in [6.45, 7) is 11.8. The van der Waals surface area contributed by atoms with Gasteiger partial charge in [-0.1, -0.05) is 0 Å². The van der Waals surface area contributed by atoms with E-state index in [2.05, 4.69) is 18.7 Å². The fraction of sp³-hybridized carbons (Fsp3) is 0.917. The Morgan fingerprint density at radius 2 is 1.82 bits per heavy atom. The van der Waals surface area contributed by atoms with Crippen LogP contribution in [0.2, 0.25) is 0 Å². The predicted molar refractivity (Wildman–Crippen MR) is 67.9 cm³/mol. The lowest BCUT2D eigenvalue weighted by molar-refractivity contribution is 0.0323. The van der Waals surface area contributed by atoms with Gasteiger partial charge in [-0.25, -0.2) is 4.79 Å². The Labute approximate surface area is 104 Å². The van der Waals surface area contributed by atoms with Gasteiger partial charge in [0.2, 0.25) is 0 Å². The molecule has 0 saturated carbocycles. The van der Waals surface area contributed by atoms with Gasteiger partial charge in [0.1, 0.15) is 0 Å². The number of piperazine rings is 1. The van der Waals surface area contributed by atoms with Gasteiger partial charge in [-0.15, -0.1) is 0 Å². The van der Waals surface area contributed by atoms with E-state index in [-0.39, 0.29) is 17.7 Å². The first-order valence-electron chi connectivity index (χ1n) is 6.27. The topological polar surface area (TPSA) is 58.8 Å². The fourth-order valence-corrected chi connectivity index (χ4v) is 1.90. The molecule has 100 valence electrons. The largest absolute Gasteiger partial charge is 0.447 e. The Morgan fingerprint density at radius 3 is 2.24 bits per heavy atom. The number of carbonyl (C=O) groups excluding carboxylic acids is 1. The van der Waals surface area contributed by atoms with Crippen molar-refractivity contribution in [2.24, 2.45) is 5.73 Å². The lowest BCUT2D eigenvalue weighted by atomic mass is 10.0. The molecule has 1 heterocycles. The highest BCUT2D eigenvalue weighted by Crippen LogP contribution is 2.16. The summed E-state index contributed by atoms with van der Waals surface area (Å²) in [4.78, 5) is 15.8. The van der Waals surface area contributed by atoms with Crippen molar-refractivity contribution in [3.8, 4) is 0 Å². The van der Waals surface area contributed by atoms with E-state index in [4.69, 9.17) is 10.5 Å². The molecule has 0 radical (unpaired) electrons. The molecular weight excluding hydrogens is 218 g/mol. The molecule has 1 aliphatic rings. The van der Waals surface area contributed by atoms with Gasteiger partial charge in [-0.05, 0) is 27.7 Å². The number of carbonyl (C=O) groups is 1. The lowest BCUT2D eigenvalue weighted by Gasteiger charge is -2.43. The molecule has 0 aromatic carbocycles. The molecule has 5 heteroatoms. The van der Waals surface area contributed by atoms with Gasteiger partial charge in [-0.3, -0.25) is 4.90 Å². The molecule has 5 nitrogen and oxygen atoms in total. The normalized spacial score (nSPS) is 18.6. The van der Waals surface area contributed by atoms with E-state index < -0.39 is 0 Å². The molecule has 2 N–H and O–H groups in total. The smallest absolute Gasteiger partial charge is 0.410 e. The van der Waals surface area contributed by atoms with Crippen LogP contribution in [0.4, 0.5) is 4.79 Å². The molecule has 17 heavy (non-hydrogen) atoms. The third-order valence-electron chi connectivity index (χ3n) is 3.23. The molecule has 0 aliphatic carbocycles. The Hall–Kier alpha value is -0.810. The number of hydrogen-bond acceptors (Lipinski definition) is 4. The van der Waals surface area contributed by atoms with Gasteiger partial charge in [0, 0.05) is 38.3 Å². The van der Waals surface area contributed by atoms with Crippen LogP contribution >= 0.6 is 0 Å². The van der Waals surface area contributed by atoms with E-state index in [1.807, 2.05) is 13.8 Å². The van der Waals surface area contributed by atoms with Crippen LogP contribution in [-0.2, 0) is 4.74 Å². The maximum atomic E-state index is 11.7. The fourth-order valence-electron chi connectivity index (χ4n) is 1.90. The number of amides is 1. The molecule has 1 saturated heterocycles. The van der Waals surface area contributed by atoms with Crippen molar-refractivity contribution < 1.29 is 9.53 Å². The SMILES string of the molecule is CC(C)OC(=O)N1CCN(C(C)(C)CN)CC1. The Bertz CT molecular complexity index is 258. The minimum Gasteiger partial charge on any atom is -0.447 e. The van der Waals surface area contributed by atoms with Gasteiger partial charge in [0.05, 0.1) is 6.10 Å². The van der Waals surface area contributed by atoms with Gasteiger partial charge < -0.3 is 15.4 Å². The lowest BCUT2D eigenvalue weighted by Crippen LogP contribution is -2.58. The second-order valence-corrected chi connectivity index (χ2v) is 5.42. The van der Waals surface area contributed by atoms with Crippen molar-refractivity contribution in [1.82, 2.24) is 9.80 Å². The van der Waals surface area contributed by atoms with E-state index in [0.717, 1.165) is 26.2 Å². The number of ether oxygens (including phenoxy) is 1. The molecule has 1 amide bonds. The van der Waals surface area contributed by atoms with Gasteiger partial charge >= 0.3 is 6.09 Å².